The molecule has 0 bridgehead atoms. The van der Waals surface area contributed by atoms with E-state index in [9.17, 15) is 4.79 Å². The Morgan fingerprint density at radius 1 is 1.55 bits per heavy atom. The Bertz CT molecular complexity index is 486. The quantitative estimate of drug-likeness (QED) is 0.830. The zero-order chi connectivity index (χ0) is 13.9. The van der Waals surface area contributed by atoms with Crippen LogP contribution in [0.15, 0.2) is 24.9 Å². The van der Waals surface area contributed by atoms with Gasteiger partial charge in [0.2, 0.25) is 0 Å². The molecule has 0 radical (unpaired) electrons. The van der Waals surface area contributed by atoms with Crippen LogP contribution in [0, 0.1) is 0 Å². The average Bonchev–Trinajstić information content (AvgIpc) is 3.21. The highest BCUT2D eigenvalue weighted by atomic mass is 16.2. The molecule has 108 valence electrons. The van der Waals surface area contributed by atoms with Crippen LogP contribution in [0.5, 0.6) is 0 Å². The van der Waals surface area contributed by atoms with Crippen molar-refractivity contribution in [1.29, 1.82) is 0 Å². The van der Waals surface area contributed by atoms with E-state index in [1.54, 1.807) is 6.08 Å². The highest BCUT2D eigenvalue weighted by molar-refractivity contribution is 5.92. The van der Waals surface area contributed by atoms with Gasteiger partial charge >= 0.3 is 0 Å². The van der Waals surface area contributed by atoms with Crippen molar-refractivity contribution >= 4 is 5.91 Å². The molecule has 2 aliphatic rings. The Balaban J connectivity index is 1.71. The number of hydrogen-bond donors (Lipinski definition) is 1. The lowest BCUT2D eigenvalue weighted by Gasteiger charge is -2.23. The first-order chi connectivity index (χ1) is 9.79. The van der Waals surface area contributed by atoms with Gasteiger partial charge in [0.25, 0.3) is 5.91 Å². The average molecular weight is 274 g/mol. The number of rotatable bonds is 5. The van der Waals surface area contributed by atoms with E-state index < -0.39 is 0 Å². The molecule has 1 saturated carbocycles. The molecule has 1 amide bonds. The van der Waals surface area contributed by atoms with E-state index in [1.165, 1.54) is 6.42 Å². The number of nitrogens with zero attached hydrogens (tertiary/aromatic N) is 3. The maximum Gasteiger partial charge on any atom is 0.274 e. The second-order valence-electron chi connectivity index (χ2n) is 5.66. The van der Waals surface area contributed by atoms with Crippen molar-refractivity contribution in [3.05, 3.63) is 30.6 Å². The summed E-state index contributed by atoms with van der Waals surface area (Å²) in [6.07, 6.45) is 8.22. The molecule has 1 unspecified atom stereocenters. The summed E-state index contributed by atoms with van der Waals surface area (Å²) < 4.78 is 1.94. The third-order valence-electron chi connectivity index (χ3n) is 4.05. The van der Waals surface area contributed by atoms with Crippen LogP contribution in [0.25, 0.3) is 0 Å². The third kappa shape index (κ3) is 2.77. The minimum Gasteiger partial charge on any atom is -0.331 e. The zero-order valence-corrected chi connectivity index (χ0v) is 11.8. The SMILES string of the molecule is C=CCN(C(=O)c1ccn(C2CCCNC2)n1)C1CC1. The maximum atomic E-state index is 12.5. The standard InChI is InChI=1S/C15H22N4O/c1-2-9-18(12-5-6-12)15(20)14-7-10-19(17-14)13-4-3-8-16-11-13/h2,7,10,12-13,16H,1,3-6,8-9,11H2. The normalized spacial score (nSPS) is 22.5. The van der Waals surface area contributed by atoms with Gasteiger partial charge in [-0.15, -0.1) is 6.58 Å². The van der Waals surface area contributed by atoms with Crippen LogP contribution in [-0.2, 0) is 0 Å². The fourth-order valence-electron chi connectivity index (χ4n) is 2.78. The molecular weight excluding hydrogens is 252 g/mol. The monoisotopic (exact) mass is 274 g/mol. The summed E-state index contributed by atoms with van der Waals surface area (Å²) in [5.74, 6) is 0.0370. The van der Waals surface area contributed by atoms with E-state index in [0.29, 0.717) is 24.3 Å². The molecule has 0 aromatic carbocycles. The summed E-state index contributed by atoms with van der Waals surface area (Å²) in [5, 5.41) is 7.87. The predicted octanol–water partition coefficient (Wildman–Crippen LogP) is 1.60. The molecule has 1 N–H and O–H groups in total. The number of amides is 1. The first-order valence-corrected chi connectivity index (χ1v) is 7.47. The topological polar surface area (TPSA) is 50.2 Å². The lowest BCUT2D eigenvalue weighted by molar-refractivity contribution is 0.0755. The number of aromatic nitrogens is 2. The molecule has 5 heteroatoms. The fraction of sp³-hybridized carbons (Fsp3) is 0.600. The van der Waals surface area contributed by atoms with Crippen LogP contribution in [-0.4, -0.2) is 46.3 Å². The first-order valence-electron chi connectivity index (χ1n) is 7.47. The fourth-order valence-corrected chi connectivity index (χ4v) is 2.78. The van der Waals surface area contributed by atoms with Crippen LogP contribution in [0.4, 0.5) is 0 Å². The van der Waals surface area contributed by atoms with Gasteiger partial charge in [-0.1, -0.05) is 6.08 Å². The molecule has 1 saturated heterocycles. The molecule has 2 heterocycles. The van der Waals surface area contributed by atoms with Gasteiger partial charge in [-0.25, -0.2) is 0 Å². The first kappa shape index (κ1) is 13.4. The van der Waals surface area contributed by atoms with Gasteiger partial charge in [0, 0.05) is 25.3 Å². The van der Waals surface area contributed by atoms with Crippen molar-refractivity contribution in [3.63, 3.8) is 0 Å². The predicted molar refractivity (Wildman–Crippen MR) is 77.6 cm³/mol. The number of carbonyl (C=O) groups excluding carboxylic acids is 1. The highest BCUT2D eigenvalue weighted by Gasteiger charge is 2.33. The lowest BCUT2D eigenvalue weighted by atomic mass is 10.1. The molecule has 1 aromatic heterocycles. The second kappa shape index (κ2) is 5.79. The van der Waals surface area contributed by atoms with Crippen molar-refractivity contribution in [1.82, 2.24) is 20.0 Å². The van der Waals surface area contributed by atoms with Crippen LogP contribution in [0.2, 0.25) is 0 Å². The number of hydrogen-bond acceptors (Lipinski definition) is 3. The summed E-state index contributed by atoms with van der Waals surface area (Å²) in [5.41, 5.74) is 0.560. The Labute approximate surface area is 119 Å². The van der Waals surface area contributed by atoms with E-state index in [0.717, 1.165) is 32.4 Å². The van der Waals surface area contributed by atoms with E-state index in [4.69, 9.17) is 0 Å². The molecule has 0 spiro atoms. The van der Waals surface area contributed by atoms with Crippen molar-refractivity contribution in [3.8, 4) is 0 Å². The summed E-state index contributed by atoms with van der Waals surface area (Å²) in [7, 11) is 0. The molecular formula is C15H22N4O. The smallest absolute Gasteiger partial charge is 0.274 e. The van der Waals surface area contributed by atoms with E-state index >= 15 is 0 Å². The molecule has 1 aliphatic heterocycles. The maximum absolute atomic E-state index is 12.5. The molecule has 5 nitrogen and oxygen atoms in total. The van der Waals surface area contributed by atoms with E-state index in [2.05, 4.69) is 17.0 Å². The molecule has 1 aliphatic carbocycles. The van der Waals surface area contributed by atoms with Crippen LogP contribution < -0.4 is 5.32 Å². The van der Waals surface area contributed by atoms with Gasteiger partial charge in [-0.05, 0) is 38.3 Å². The van der Waals surface area contributed by atoms with Crippen molar-refractivity contribution in [2.24, 2.45) is 0 Å². The molecule has 20 heavy (non-hydrogen) atoms. The van der Waals surface area contributed by atoms with Gasteiger partial charge in [0.15, 0.2) is 0 Å². The highest BCUT2D eigenvalue weighted by Crippen LogP contribution is 2.28. The van der Waals surface area contributed by atoms with Crippen molar-refractivity contribution in [2.75, 3.05) is 19.6 Å². The Morgan fingerprint density at radius 3 is 3.05 bits per heavy atom. The van der Waals surface area contributed by atoms with Gasteiger partial charge in [-0.2, -0.15) is 5.10 Å². The van der Waals surface area contributed by atoms with Crippen molar-refractivity contribution < 1.29 is 4.79 Å². The Hall–Kier alpha value is -1.62. The van der Waals surface area contributed by atoms with Crippen LogP contribution >= 0.6 is 0 Å². The Morgan fingerprint density at radius 2 is 2.40 bits per heavy atom. The van der Waals surface area contributed by atoms with Gasteiger partial charge in [0.05, 0.1) is 6.04 Å². The molecule has 3 rings (SSSR count). The van der Waals surface area contributed by atoms with E-state index in [1.807, 2.05) is 21.8 Å². The molecule has 1 atom stereocenters. The summed E-state index contributed by atoms with van der Waals surface area (Å²) in [4.78, 5) is 14.4. The largest absolute Gasteiger partial charge is 0.331 e. The van der Waals surface area contributed by atoms with Gasteiger partial charge < -0.3 is 10.2 Å². The van der Waals surface area contributed by atoms with Crippen molar-refractivity contribution in [2.45, 2.75) is 37.8 Å². The third-order valence-corrected chi connectivity index (χ3v) is 4.05. The minimum absolute atomic E-state index is 0.0370. The zero-order valence-electron chi connectivity index (χ0n) is 11.8. The minimum atomic E-state index is 0.0370. The summed E-state index contributed by atoms with van der Waals surface area (Å²) >= 11 is 0. The molecule has 2 fully saturated rings. The van der Waals surface area contributed by atoms with Crippen LogP contribution in [0.1, 0.15) is 42.2 Å². The summed E-state index contributed by atoms with van der Waals surface area (Å²) in [6.45, 7) is 6.37. The molecule has 1 aromatic rings. The number of carbonyl (C=O) groups is 1. The Kier molecular flexibility index (Phi) is 3.87. The van der Waals surface area contributed by atoms with Gasteiger partial charge in [-0.3, -0.25) is 9.48 Å². The second-order valence-corrected chi connectivity index (χ2v) is 5.66. The van der Waals surface area contributed by atoms with Gasteiger partial charge in [0.1, 0.15) is 5.69 Å². The summed E-state index contributed by atoms with van der Waals surface area (Å²) in [6, 6.07) is 2.61. The lowest BCUT2D eigenvalue weighted by Crippen LogP contribution is -2.34. The number of piperidine rings is 1. The number of nitrogens with one attached hydrogen (secondary N) is 1. The van der Waals surface area contributed by atoms with E-state index in [-0.39, 0.29) is 5.91 Å². The van der Waals surface area contributed by atoms with Crippen LogP contribution in [0.3, 0.4) is 0 Å².